The molecule has 0 heterocycles. The third-order valence-corrected chi connectivity index (χ3v) is 3.84. The van der Waals surface area contributed by atoms with Crippen LogP contribution in [-0.2, 0) is 4.79 Å². The normalized spacial score (nSPS) is 11.9. The summed E-state index contributed by atoms with van der Waals surface area (Å²) in [5.41, 5.74) is 8.36. The van der Waals surface area contributed by atoms with Gasteiger partial charge in [-0.15, -0.1) is 0 Å². The van der Waals surface area contributed by atoms with E-state index < -0.39 is 0 Å². The first-order valence-electron chi connectivity index (χ1n) is 6.45. The Balaban J connectivity index is 1.93. The molecular weight excluding hydrogens is 363 g/mol. The summed E-state index contributed by atoms with van der Waals surface area (Å²) in [6, 6.07) is 15.4. The molecule has 1 amide bonds. The second-order valence-corrected chi connectivity index (χ2v) is 6.07. The van der Waals surface area contributed by atoms with Gasteiger partial charge in [0.05, 0.1) is 0 Å². The van der Waals surface area contributed by atoms with Crippen LogP contribution in [0.3, 0.4) is 0 Å². The smallest absolute Gasteiger partial charge is 0.224 e. The van der Waals surface area contributed by atoms with Gasteiger partial charge in [-0.2, -0.15) is 0 Å². The Hall–Kier alpha value is -1.56. The minimum absolute atomic E-state index is 0.0236. The van der Waals surface area contributed by atoms with Crippen molar-refractivity contribution in [2.24, 2.45) is 0 Å². The lowest BCUT2D eigenvalue weighted by Gasteiger charge is -2.12. The fraction of sp³-hybridized carbons (Fsp3) is 0.188. The number of hydrogen-bond acceptors (Lipinski definition) is 2. The van der Waals surface area contributed by atoms with Gasteiger partial charge < -0.3 is 11.1 Å². The molecule has 0 saturated carbocycles. The minimum atomic E-state index is 0.0236. The molecule has 0 aliphatic rings. The van der Waals surface area contributed by atoms with Gasteiger partial charge in [0.1, 0.15) is 0 Å². The molecule has 1 unspecified atom stereocenters. The quantitative estimate of drug-likeness (QED) is 0.622. The first-order valence-corrected chi connectivity index (χ1v) is 7.53. The summed E-state index contributed by atoms with van der Waals surface area (Å²) in [7, 11) is 0. The first-order chi connectivity index (χ1) is 9.54. The lowest BCUT2D eigenvalue weighted by Crippen LogP contribution is -2.14. The predicted molar refractivity (Wildman–Crippen MR) is 91.7 cm³/mol. The van der Waals surface area contributed by atoms with E-state index in [1.165, 1.54) is 0 Å². The highest BCUT2D eigenvalue weighted by Crippen LogP contribution is 2.21. The Labute approximate surface area is 132 Å². The van der Waals surface area contributed by atoms with Crippen molar-refractivity contribution in [2.45, 2.75) is 19.3 Å². The zero-order valence-electron chi connectivity index (χ0n) is 11.3. The number of nitrogen functional groups attached to an aromatic ring is 1. The number of benzene rings is 2. The van der Waals surface area contributed by atoms with Crippen molar-refractivity contribution in [3.05, 3.63) is 57.7 Å². The van der Waals surface area contributed by atoms with Crippen LogP contribution in [0, 0.1) is 3.57 Å². The number of rotatable bonds is 4. The van der Waals surface area contributed by atoms with Gasteiger partial charge >= 0.3 is 0 Å². The van der Waals surface area contributed by atoms with Crippen LogP contribution in [-0.4, -0.2) is 5.91 Å². The maximum absolute atomic E-state index is 12.0. The molecule has 2 aromatic carbocycles. The van der Waals surface area contributed by atoms with E-state index in [2.05, 4.69) is 27.9 Å². The molecule has 3 N–H and O–H groups in total. The summed E-state index contributed by atoms with van der Waals surface area (Å²) in [4.78, 5) is 12.0. The molecule has 2 rings (SSSR count). The second kappa shape index (κ2) is 6.74. The number of hydrogen-bond donors (Lipinski definition) is 2. The van der Waals surface area contributed by atoms with Crippen LogP contribution in [0.4, 0.5) is 11.4 Å². The molecule has 4 heteroatoms. The number of nitrogens with one attached hydrogen (secondary N) is 1. The molecule has 0 aromatic heterocycles. The van der Waals surface area contributed by atoms with E-state index >= 15 is 0 Å². The maximum atomic E-state index is 12.0. The highest BCUT2D eigenvalue weighted by Gasteiger charge is 2.11. The van der Waals surface area contributed by atoms with E-state index in [-0.39, 0.29) is 11.8 Å². The fourth-order valence-corrected chi connectivity index (χ4v) is 2.33. The van der Waals surface area contributed by atoms with E-state index in [1.54, 1.807) is 0 Å². The molecule has 1 atom stereocenters. The van der Waals surface area contributed by atoms with Crippen LogP contribution in [0.5, 0.6) is 0 Å². The average molecular weight is 380 g/mol. The van der Waals surface area contributed by atoms with Gasteiger partial charge in [-0.05, 0) is 70.5 Å². The van der Waals surface area contributed by atoms with Crippen LogP contribution in [0.2, 0.25) is 0 Å². The second-order valence-electron chi connectivity index (χ2n) is 4.83. The van der Waals surface area contributed by atoms with Gasteiger partial charge in [-0.25, -0.2) is 0 Å². The largest absolute Gasteiger partial charge is 0.399 e. The minimum Gasteiger partial charge on any atom is -0.399 e. The van der Waals surface area contributed by atoms with Gasteiger partial charge in [0.15, 0.2) is 0 Å². The Morgan fingerprint density at radius 1 is 1.15 bits per heavy atom. The molecule has 0 aliphatic heterocycles. The van der Waals surface area contributed by atoms with Gasteiger partial charge in [-0.3, -0.25) is 4.79 Å². The maximum Gasteiger partial charge on any atom is 0.224 e. The highest BCUT2D eigenvalue weighted by atomic mass is 127. The van der Waals surface area contributed by atoms with Crippen LogP contribution in [0.15, 0.2) is 48.5 Å². The highest BCUT2D eigenvalue weighted by molar-refractivity contribution is 14.1. The van der Waals surface area contributed by atoms with Crippen LogP contribution < -0.4 is 11.1 Å². The Morgan fingerprint density at radius 2 is 1.75 bits per heavy atom. The molecule has 0 aliphatic carbocycles. The van der Waals surface area contributed by atoms with Gasteiger partial charge in [0.2, 0.25) is 5.91 Å². The molecule has 2 aromatic rings. The molecule has 0 saturated heterocycles. The number of halogens is 1. The Bertz CT molecular complexity index is 578. The monoisotopic (exact) mass is 380 g/mol. The zero-order chi connectivity index (χ0) is 14.5. The molecule has 3 nitrogen and oxygen atoms in total. The molecule has 104 valence electrons. The van der Waals surface area contributed by atoms with E-state index in [1.807, 2.05) is 55.5 Å². The number of anilines is 2. The van der Waals surface area contributed by atoms with Crippen molar-refractivity contribution in [1.29, 1.82) is 0 Å². The lowest BCUT2D eigenvalue weighted by molar-refractivity contribution is -0.116. The molecule has 20 heavy (non-hydrogen) atoms. The Morgan fingerprint density at radius 3 is 2.35 bits per heavy atom. The summed E-state index contributed by atoms with van der Waals surface area (Å²) < 4.78 is 1.15. The van der Waals surface area contributed by atoms with Crippen molar-refractivity contribution in [3.63, 3.8) is 0 Å². The molecule has 0 fully saturated rings. The Kier molecular flexibility index (Phi) is 5.00. The van der Waals surface area contributed by atoms with Crippen LogP contribution in [0.25, 0.3) is 0 Å². The third-order valence-electron chi connectivity index (χ3n) is 3.13. The SMILES string of the molecule is CC(CC(=O)Nc1ccc(I)cc1)c1ccc(N)cc1. The average Bonchev–Trinajstić information content (AvgIpc) is 2.42. The van der Waals surface area contributed by atoms with E-state index in [0.717, 1.165) is 20.5 Å². The van der Waals surface area contributed by atoms with Crippen molar-refractivity contribution in [3.8, 4) is 0 Å². The number of carbonyl (C=O) groups is 1. The molecule has 0 bridgehead atoms. The van der Waals surface area contributed by atoms with Crippen LogP contribution >= 0.6 is 22.6 Å². The summed E-state index contributed by atoms with van der Waals surface area (Å²) in [6.07, 6.45) is 0.454. The van der Waals surface area contributed by atoms with Gasteiger partial charge in [-0.1, -0.05) is 19.1 Å². The van der Waals surface area contributed by atoms with Crippen molar-refractivity contribution in [2.75, 3.05) is 11.1 Å². The van der Waals surface area contributed by atoms with E-state index in [9.17, 15) is 4.79 Å². The standard InChI is InChI=1S/C16H17IN2O/c1-11(12-2-6-14(18)7-3-12)10-16(20)19-15-8-4-13(17)5-9-15/h2-9,11H,10,18H2,1H3,(H,19,20). The summed E-state index contributed by atoms with van der Waals surface area (Å²) in [5, 5.41) is 2.91. The summed E-state index contributed by atoms with van der Waals surface area (Å²) in [6.45, 7) is 2.04. The summed E-state index contributed by atoms with van der Waals surface area (Å²) >= 11 is 2.24. The lowest BCUT2D eigenvalue weighted by atomic mass is 9.97. The summed E-state index contributed by atoms with van der Waals surface area (Å²) in [5.74, 6) is 0.190. The zero-order valence-corrected chi connectivity index (χ0v) is 13.4. The van der Waals surface area contributed by atoms with E-state index in [4.69, 9.17) is 5.73 Å². The van der Waals surface area contributed by atoms with Gasteiger partial charge in [0.25, 0.3) is 0 Å². The molecule has 0 spiro atoms. The topological polar surface area (TPSA) is 55.1 Å². The first kappa shape index (κ1) is 14.8. The molecular formula is C16H17IN2O. The van der Waals surface area contributed by atoms with Crippen molar-refractivity contribution >= 4 is 39.9 Å². The third kappa shape index (κ3) is 4.23. The predicted octanol–water partition coefficient (Wildman–Crippen LogP) is 4.01. The number of carbonyl (C=O) groups excluding carboxylic acids is 1. The fourth-order valence-electron chi connectivity index (χ4n) is 1.97. The van der Waals surface area contributed by atoms with Gasteiger partial charge in [0, 0.05) is 21.4 Å². The number of nitrogens with two attached hydrogens (primary N) is 1. The van der Waals surface area contributed by atoms with Crippen LogP contribution in [0.1, 0.15) is 24.8 Å². The van der Waals surface area contributed by atoms with E-state index in [0.29, 0.717) is 6.42 Å². The van der Waals surface area contributed by atoms with Crippen molar-refractivity contribution < 1.29 is 4.79 Å². The van der Waals surface area contributed by atoms with Crippen molar-refractivity contribution in [1.82, 2.24) is 0 Å². The molecule has 0 radical (unpaired) electrons. The number of amides is 1.